The normalized spacial score (nSPS) is 18.9. The lowest BCUT2D eigenvalue weighted by Gasteiger charge is -2.42. The van der Waals surface area contributed by atoms with Crippen LogP contribution in [0.15, 0.2) is 12.1 Å². The topological polar surface area (TPSA) is 76.0 Å². The molecule has 1 aromatic rings. The Balaban J connectivity index is 2.46. The number of benzene rings is 1. The maximum absolute atomic E-state index is 10.2. The molecule has 1 heterocycles. The molecular weight excluding hydrogens is 256 g/mol. The first kappa shape index (κ1) is 14.9. The summed E-state index contributed by atoms with van der Waals surface area (Å²) in [6, 6.07) is 2.47. The van der Waals surface area contributed by atoms with E-state index < -0.39 is 0 Å². The molecule has 1 aliphatic heterocycles. The molecule has 0 unspecified atom stereocenters. The Morgan fingerprint density at radius 2 is 1.55 bits per heavy atom. The van der Waals surface area contributed by atoms with Gasteiger partial charge in [0.15, 0.2) is 0 Å². The summed E-state index contributed by atoms with van der Waals surface area (Å²) >= 11 is 0. The summed E-state index contributed by atoms with van der Waals surface area (Å²) in [4.78, 5) is 2.27. The summed E-state index contributed by atoms with van der Waals surface area (Å²) in [5.41, 5.74) is 0.348. The Kier molecular flexibility index (Phi) is 4.11. The summed E-state index contributed by atoms with van der Waals surface area (Å²) in [5, 5.41) is 33.1. The van der Waals surface area contributed by atoms with E-state index in [0.29, 0.717) is 5.56 Å². The van der Waals surface area contributed by atoms with E-state index in [-0.39, 0.29) is 28.7 Å². The zero-order chi connectivity index (χ0) is 14.9. The molecule has 0 saturated carbocycles. The summed E-state index contributed by atoms with van der Waals surface area (Å²) in [7, 11) is 0. The van der Waals surface area contributed by atoms with Gasteiger partial charge < -0.3 is 20.6 Å². The fourth-order valence-electron chi connectivity index (χ4n) is 2.99. The minimum Gasteiger partial charge on any atom is -0.508 e. The Hall–Kier alpha value is -1.46. The highest BCUT2D eigenvalue weighted by Crippen LogP contribution is 2.46. The highest BCUT2D eigenvalue weighted by atomic mass is 16.3. The fourth-order valence-corrected chi connectivity index (χ4v) is 2.99. The molecule has 0 spiro atoms. The number of aromatic hydroxyl groups is 3. The molecule has 20 heavy (non-hydrogen) atoms. The van der Waals surface area contributed by atoms with E-state index in [1.807, 2.05) is 0 Å². The van der Waals surface area contributed by atoms with E-state index in [2.05, 4.69) is 31.0 Å². The molecule has 0 aliphatic carbocycles. The monoisotopic (exact) mass is 280 g/mol. The van der Waals surface area contributed by atoms with Crippen LogP contribution in [0.1, 0.15) is 32.4 Å². The van der Waals surface area contributed by atoms with Gasteiger partial charge >= 0.3 is 0 Å². The van der Waals surface area contributed by atoms with E-state index in [1.165, 1.54) is 12.1 Å². The SMILES string of the molecule is CC(C)(C)[C@H](c1c(O)cc(O)cc1O)N1CCNCC1. The van der Waals surface area contributed by atoms with E-state index in [0.717, 1.165) is 26.2 Å². The first-order valence-electron chi connectivity index (χ1n) is 7.00. The summed E-state index contributed by atoms with van der Waals surface area (Å²) in [6.45, 7) is 9.78. The van der Waals surface area contributed by atoms with Crippen molar-refractivity contribution in [2.75, 3.05) is 26.2 Å². The third-order valence-electron chi connectivity index (χ3n) is 3.73. The van der Waals surface area contributed by atoms with E-state index >= 15 is 0 Å². The number of nitrogens with zero attached hydrogens (tertiary/aromatic N) is 1. The molecule has 5 nitrogen and oxygen atoms in total. The highest BCUT2D eigenvalue weighted by Gasteiger charge is 2.36. The number of hydrogen-bond acceptors (Lipinski definition) is 5. The molecule has 5 heteroatoms. The average molecular weight is 280 g/mol. The van der Waals surface area contributed by atoms with Crippen LogP contribution in [0.5, 0.6) is 17.2 Å². The summed E-state index contributed by atoms with van der Waals surface area (Å²) in [6.07, 6.45) is 0. The maximum atomic E-state index is 10.2. The maximum Gasteiger partial charge on any atom is 0.127 e. The smallest absolute Gasteiger partial charge is 0.127 e. The molecule has 2 rings (SSSR count). The molecule has 0 radical (unpaired) electrons. The van der Waals surface area contributed by atoms with Crippen LogP contribution in [0.4, 0.5) is 0 Å². The van der Waals surface area contributed by atoms with Crippen LogP contribution < -0.4 is 5.32 Å². The number of rotatable bonds is 2. The van der Waals surface area contributed by atoms with E-state index in [9.17, 15) is 15.3 Å². The lowest BCUT2D eigenvalue weighted by molar-refractivity contribution is 0.0821. The molecular formula is C15H24N2O3. The van der Waals surface area contributed by atoms with Crippen molar-refractivity contribution >= 4 is 0 Å². The van der Waals surface area contributed by atoms with Crippen molar-refractivity contribution in [1.29, 1.82) is 0 Å². The second-order valence-electron chi connectivity index (χ2n) is 6.45. The van der Waals surface area contributed by atoms with Crippen molar-refractivity contribution in [1.82, 2.24) is 10.2 Å². The zero-order valence-electron chi connectivity index (χ0n) is 12.3. The van der Waals surface area contributed by atoms with Gasteiger partial charge in [0.05, 0.1) is 5.56 Å². The van der Waals surface area contributed by atoms with Crippen molar-refractivity contribution in [2.45, 2.75) is 26.8 Å². The summed E-state index contributed by atoms with van der Waals surface area (Å²) in [5.74, 6) is -0.237. The van der Waals surface area contributed by atoms with Gasteiger partial charge in [0.25, 0.3) is 0 Å². The third kappa shape index (κ3) is 2.99. The molecule has 1 aliphatic rings. The molecule has 4 N–H and O–H groups in total. The molecule has 0 amide bonds. The van der Waals surface area contributed by atoms with Gasteiger partial charge in [-0.1, -0.05) is 20.8 Å². The van der Waals surface area contributed by atoms with Crippen LogP contribution in [0, 0.1) is 5.41 Å². The minimum atomic E-state index is -0.150. The first-order chi connectivity index (χ1) is 9.30. The van der Waals surface area contributed by atoms with Crippen molar-refractivity contribution in [3.8, 4) is 17.2 Å². The van der Waals surface area contributed by atoms with Crippen molar-refractivity contribution in [2.24, 2.45) is 5.41 Å². The van der Waals surface area contributed by atoms with Gasteiger partial charge in [-0.25, -0.2) is 0 Å². The van der Waals surface area contributed by atoms with Gasteiger partial charge in [0, 0.05) is 44.4 Å². The molecule has 112 valence electrons. The van der Waals surface area contributed by atoms with Crippen LogP contribution in [0.2, 0.25) is 0 Å². The van der Waals surface area contributed by atoms with Crippen LogP contribution >= 0.6 is 0 Å². The fraction of sp³-hybridized carbons (Fsp3) is 0.600. The molecule has 1 fully saturated rings. The Morgan fingerprint density at radius 3 is 2.00 bits per heavy atom. The van der Waals surface area contributed by atoms with Gasteiger partial charge in [-0.05, 0) is 5.41 Å². The second-order valence-corrected chi connectivity index (χ2v) is 6.45. The van der Waals surface area contributed by atoms with Crippen molar-refractivity contribution < 1.29 is 15.3 Å². The van der Waals surface area contributed by atoms with Gasteiger partial charge in [0.1, 0.15) is 17.2 Å². The minimum absolute atomic E-state index is 0.0547. The lowest BCUT2D eigenvalue weighted by Crippen LogP contribution is -2.48. The van der Waals surface area contributed by atoms with E-state index in [1.54, 1.807) is 0 Å². The van der Waals surface area contributed by atoms with Gasteiger partial charge in [0.2, 0.25) is 0 Å². The average Bonchev–Trinajstić information content (AvgIpc) is 2.33. The van der Waals surface area contributed by atoms with Crippen molar-refractivity contribution in [3.05, 3.63) is 17.7 Å². The molecule has 0 aromatic heterocycles. The van der Waals surface area contributed by atoms with Crippen LogP contribution in [0.3, 0.4) is 0 Å². The Labute approximate surface area is 119 Å². The lowest BCUT2D eigenvalue weighted by atomic mass is 9.80. The van der Waals surface area contributed by atoms with E-state index in [4.69, 9.17) is 0 Å². The number of hydrogen-bond donors (Lipinski definition) is 4. The Bertz CT molecular complexity index is 453. The predicted molar refractivity (Wildman–Crippen MR) is 78.1 cm³/mol. The number of phenols is 3. The molecule has 0 bridgehead atoms. The standard InChI is InChI=1S/C15H24N2O3/c1-15(2,3)14(17-6-4-16-5-7-17)13-11(19)8-10(18)9-12(13)20/h8-9,14,16,18-20H,4-7H2,1-3H3/t14-/m0/s1. The van der Waals surface area contributed by atoms with Crippen molar-refractivity contribution in [3.63, 3.8) is 0 Å². The first-order valence-corrected chi connectivity index (χ1v) is 7.00. The number of nitrogens with one attached hydrogen (secondary N) is 1. The Morgan fingerprint density at radius 1 is 1.05 bits per heavy atom. The van der Waals surface area contributed by atoms with Crippen LogP contribution in [0.25, 0.3) is 0 Å². The summed E-state index contributed by atoms with van der Waals surface area (Å²) < 4.78 is 0. The molecule has 1 atom stereocenters. The van der Waals surface area contributed by atoms with Gasteiger partial charge in [-0.3, -0.25) is 4.90 Å². The highest BCUT2D eigenvalue weighted by molar-refractivity contribution is 5.51. The van der Waals surface area contributed by atoms with Gasteiger partial charge in [-0.15, -0.1) is 0 Å². The second kappa shape index (κ2) is 5.50. The zero-order valence-corrected chi connectivity index (χ0v) is 12.3. The van der Waals surface area contributed by atoms with Crippen LogP contribution in [-0.4, -0.2) is 46.4 Å². The predicted octanol–water partition coefficient (Wildman–Crippen LogP) is 1.80. The quantitative estimate of drug-likeness (QED) is 0.664. The molecule has 1 aromatic carbocycles. The number of piperazine rings is 1. The number of phenolic OH excluding ortho intramolecular Hbond substituents is 3. The largest absolute Gasteiger partial charge is 0.508 e. The molecule has 1 saturated heterocycles. The van der Waals surface area contributed by atoms with Gasteiger partial charge in [-0.2, -0.15) is 0 Å². The third-order valence-corrected chi connectivity index (χ3v) is 3.73. The van der Waals surface area contributed by atoms with Crippen LogP contribution in [-0.2, 0) is 0 Å².